The summed E-state index contributed by atoms with van der Waals surface area (Å²) in [5.41, 5.74) is 3.50. The van der Waals surface area contributed by atoms with Crippen molar-refractivity contribution in [3.8, 4) is 11.5 Å². The highest BCUT2D eigenvalue weighted by atomic mass is 35.5. The van der Waals surface area contributed by atoms with Crippen LogP contribution in [0.15, 0.2) is 66.7 Å². The van der Waals surface area contributed by atoms with Gasteiger partial charge in [0.15, 0.2) is 6.61 Å². The number of amides is 2. The molecule has 35 heavy (non-hydrogen) atoms. The molecule has 1 heterocycles. The number of hydrogen-bond donors (Lipinski definition) is 1. The van der Waals surface area contributed by atoms with E-state index in [2.05, 4.69) is 5.32 Å². The van der Waals surface area contributed by atoms with Crippen molar-refractivity contribution < 1.29 is 23.9 Å². The lowest BCUT2D eigenvalue weighted by Crippen LogP contribution is -2.28. The van der Waals surface area contributed by atoms with Crippen molar-refractivity contribution in [2.45, 2.75) is 20.3 Å². The highest BCUT2D eigenvalue weighted by Crippen LogP contribution is 2.29. The van der Waals surface area contributed by atoms with Gasteiger partial charge in [0, 0.05) is 29.4 Å². The molecule has 8 heteroatoms. The topological polar surface area (TPSA) is 84.9 Å². The van der Waals surface area contributed by atoms with E-state index in [4.69, 9.17) is 21.1 Å². The maximum absolute atomic E-state index is 12.5. The molecule has 0 radical (unpaired) electrons. The number of anilines is 2. The Kier molecular flexibility index (Phi) is 7.36. The minimum atomic E-state index is -0.645. The Bertz CT molecular complexity index is 1260. The molecule has 0 aromatic heterocycles. The fourth-order valence-electron chi connectivity index (χ4n) is 3.74. The summed E-state index contributed by atoms with van der Waals surface area (Å²) >= 11 is 5.90. The lowest BCUT2D eigenvalue weighted by Gasteiger charge is -2.17. The smallest absolute Gasteiger partial charge is 0.311 e. The first kappa shape index (κ1) is 24.3. The number of aryl methyl sites for hydroxylation is 2. The van der Waals surface area contributed by atoms with Gasteiger partial charge in [0.1, 0.15) is 11.5 Å². The van der Waals surface area contributed by atoms with Gasteiger partial charge in [0.2, 0.25) is 5.91 Å². The van der Waals surface area contributed by atoms with Gasteiger partial charge in [-0.25, -0.2) is 0 Å². The van der Waals surface area contributed by atoms with Gasteiger partial charge in [-0.1, -0.05) is 23.7 Å². The van der Waals surface area contributed by atoms with E-state index in [1.54, 1.807) is 48.5 Å². The third-order valence-electron chi connectivity index (χ3n) is 5.77. The zero-order valence-electron chi connectivity index (χ0n) is 19.4. The average Bonchev–Trinajstić information content (AvgIpc) is 3.22. The quantitative estimate of drug-likeness (QED) is 0.453. The van der Waals surface area contributed by atoms with Gasteiger partial charge in [-0.05, 0) is 79.6 Å². The number of rotatable bonds is 7. The number of nitrogens with zero attached hydrogens (tertiary/aromatic N) is 1. The molecule has 1 fully saturated rings. The molecule has 3 aromatic rings. The van der Waals surface area contributed by atoms with E-state index in [0.29, 0.717) is 22.1 Å². The van der Waals surface area contributed by atoms with Crippen molar-refractivity contribution in [3.05, 3.63) is 82.9 Å². The highest BCUT2D eigenvalue weighted by molar-refractivity contribution is 6.30. The van der Waals surface area contributed by atoms with Crippen molar-refractivity contribution in [1.82, 2.24) is 0 Å². The van der Waals surface area contributed by atoms with E-state index >= 15 is 0 Å². The highest BCUT2D eigenvalue weighted by Gasteiger charge is 2.36. The van der Waals surface area contributed by atoms with Crippen LogP contribution in [-0.4, -0.2) is 30.9 Å². The van der Waals surface area contributed by atoms with Crippen molar-refractivity contribution in [2.24, 2.45) is 5.92 Å². The first-order chi connectivity index (χ1) is 16.8. The van der Waals surface area contributed by atoms with E-state index in [-0.39, 0.29) is 18.9 Å². The maximum atomic E-state index is 12.5. The Morgan fingerprint density at radius 1 is 1.00 bits per heavy atom. The third-order valence-corrected chi connectivity index (χ3v) is 6.01. The Hall–Kier alpha value is -3.84. The Morgan fingerprint density at radius 2 is 1.74 bits per heavy atom. The van der Waals surface area contributed by atoms with Crippen LogP contribution in [0.1, 0.15) is 17.5 Å². The van der Waals surface area contributed by atoms with Crippen LogP contribution < -0.4 is 15.0 Å². The molecular formula is C27H25ClN2O5. The second kappa shape index (κ2) is 10.6. The van der Waals surface area contributed by atoms with Crippen LogP contribution in [0.2, 0.25) is 5.02 Å². The maximum Gasteiger partial charge on any atom is 0.311 e. The van der Waals surface area contributed by atoms with Crippen LogP contribution in [0.5, 0.6) is 11.5 Å². The fraction of sp³-hybridized carbons (Fsp3) is 0.222. The van der Waals surface area contributed by atoms with E-state index in [1.165, 1.54) is 10.5 Å². The van der Waals surface area contributed by atoms with E-state index < -0.39 is 24.4 Å². The van der Waals surface area contributed by atoms with Crippen molar-refractivity contribution in [1.29, 1.82) is 0 Å². The van der Waals surface area contributed by atoms with Crippen LogP contribution in [0.25, 0.3) is 0 Å². The molecule has 1 aliphatic rings. The summed E-state index contributed by atoms with van der Waals surface area (Å²) in [6.45, 7) is 3.81. The third kappa shape index (κ3) is 6.19. The molecule has 0 saturated carbocycles. The number of carbonyl (C=O) groups excluding carboxylic acids is 3. The zero-order chi connectivity index (χ0) is 24.9. The number of benzene rings is 3. The van der Waals surface area contributed by atoms with Crippen molar-refractivity contribution in [3.63, 3.8) is 0 Å². The standard InChI is InChI=1S/C27H25ClN2O5/c1-17-6-9-24(12-18(17)2)35-23-10-7-22(8-11-23)30-15-19(13-26(30)32)27(33)34-16-25(31)29-21-5-3-4-20(28)14-21/h3-12,14,19H,13,15-16H2,1-2H3,(H,29,31)/t19-/m1/s1. The van der Waals surface area contributed by atoms with Gasteiger partial charge >= 0.3 is 5.97 Å². The molecule has 180 valence electrons. The van der Waals surface area contributed by atoms with Gasteiger partial charge in [0.25, 0.3) is 5.91 Å². The molecule has 0 unspecified atom stereocenters. The van der Waals surface area contributed by atoms with E-state index in [1.807, 2.05) is 32.0 Å². The Labute approximate surface area is 208 Å². The van der Waals surface area contributed by atoms with Crippen LogP contribution >= 0.6 is 11.6 Å². The lowest BCUT2D eigenvalue weighted by molar-refractivity contribution is -0.151. The van der Waals surface area contributed by atoms with E-state index in [0.717, 1.165) is 11.3 Å². The number of carbonyl (C=O) groups is 3. The number of ether oxygens (including phenoxy) is 2. The van der Waals surface area contributed by atoms with Gasteiger partial charge in [-0.15, -0.1) is 0 Å². The SMILES string of the molecule is Cc1ccc(Oc2ccc(N3C[C@H](C(=O)OCC(=O)Nc4cccc(Cl)c4)CC3=O)cc2)cc1C. The molecular weight excluding hydrogens is 468 g/mol. The van der Waals surface area contributed by atoms with Gasteiger partial charge < -0.3 is 19.7 Å². The first-order valence-electron chi connectivity index (χ1n) is 11.2. The molecule has 2 amide bonds. The summed E-state index contributed by atoms with van der Waals surface area (Å²) in [5.74, 6) is -0.519. The van der Waals surface area contributed by atoms with Crippen molar-refractivity contribution in [2.75, 3.05) is 23.4 Å². The molecule has 4 rings (SSSR count). The van der Waals surface area contributed by atoms with Crippen LogP contribution in [0.4, 0.5) is 11.4 Å². The van der Waals surface area contributed by atoms with Gasteiger partial charge in [0.05, 0.1) is 5.92 Å². The first-order valence-corrected chi connectivity index (χ1v) is 11.5. The average molecular weight is 493 g/mol. The summed E-state index contributed by atoms with van der Waals surface area (Å²) in [6.07, 6.45) is 0.0235. The molecule has 3 aromatic carbocycles. The number of halogens is 1. The van der Waals surface area contributed by atoms with Gasteiger partial charge in [-0.3, -0.25) is 14.4 Å². The largest absolute Gasteiger partial charge is 0.457 e. The molecule has 1 atom stereocenters. The molecule has 0 spiro atoms. The summed E-state index contributed by atoms with van der Waals surface area (Å²) in [4.78, 5) is 38.6. The Balaban J connectivity index is 1.30. The zero-order valence-corrected chi connectivity index (χ0v) is 20.2. The van der Waals surface area contributed by atoms with E-state index in [9.17, 15) is 14.4 Å². The molecule has 0 aliphatic carbocycles. The van der Waals surface area contributed by atoms with Crippen molar-refractivity contribution >= 4 is 40.8 Å². The number of hydrogen-bond acceptors (Lipinski definition) is 5. The van der Waals surface area contributed by atoms with Crippen LogP contribution in [-0.2, 0) is 19.1 Å². The molecule has 1 saturated heterocycles. The lowest BCUT2D eigenvalue weighted by atomic mass is 10.1. The molecule has 1 aliphatic heterocycles. The summed E-state index contributed by atoms with van der Waals surface area (Å²) in [7, 11) is 0. The Morgan fingerprint density at radius 3 is 2.46 bits per heavy atom. The normalized spacial score (nSPS) is 15.1. The molecule has 1 N–H and O–H groups in total. The predicted molar refractivity (Wildman–Crippen MR) is 134 cm³/mol. The summed E-state index contributed by atoms with van der Waals surface area (Å²) in [5, 5.41) is 3.09. The molecule has 0 bridgehead atoms. The summed E-state index contributed by atoms with van der Waals surface area (Å²) < 4.78 is 11.0. The fourth-order valence-corrected chi connectivity index (χ4v) is 3.93. The molecule has 7 nitrogen and oxygen atoms in total. The van der Waals surface area contributed by atoms with Crippen LogP contribution in [0, 0.1) is 19.8 Å². The minimum absolute atomic E-state index is 0.0235. The predicted octanol–water partition coefficient (Wildman–Crippen LogP) is 5.28. The van der Waals surface area contributed by atoms with Crippen LogP contribution in [0.3, 0.4) is 0 Å². The summed E-state index contributed by atoms with van der Waals surface area (Å²) in [6, 6.07) is 19.7. The number of nitrogens with one attached hydrogen (secondary N) is 1. The second-order valence-electron chi connectivity index (χ2n) is 8.41. The van der Waals surface area contributed by atoms with Gasteiger partial charge in [-0.2, -0.15) is 0 Å². The minimum Gasteiger partial charge on any atom is -0.457 e. The monoisotopic (exact) mass is 492 g/mol. The second-order valence-corrected chi connectivity index (χ2v) is 8.85. The number of esters is 1.